The fraction of sp³-hybridized carbons (Fsp3) is 0.600. The Hall–Kier alpha value is -0.790. The molecule has 1 N–H and O–H groups in total. The number of benzene rings is 1. The van der Waals surface area contributed by atoms with Crippen molar-refractivity contribution in [3.63, 3.8) is 0 Å². The molecule has 0 amide bonds. The topological polar surface area (TPSA) is 46.5 Å². The Bertz CT molecular complexity index is 430. The molecule has 3 nitrogen and oxygen atoms in total. The van der Waals surface area contributed by atoms with E-state index >= 15 is 0 Å². The quantitative estimate of drug-likeness (QED) is 0.718. The third-order valence-electron chi connectivity index (χ3n) is 3.42. The fourth-order valence-electron chi connectivity index (χ4n) is 2.30. The van der Waals surface area contributed by atoms with Crippen LogP contribution >= 0.6 is 8.25 Å². The fourth-order valence-corrected chi connectivity index (χ4v) is 2.71. The van der Waals surface area contributed by atoms with E-state index < -0.39 is 8.25 Å². The maximum Gasteiger partial charge on any atom is 0.365 e. The highest BCUT2D eigenvalue weighted by Crippen LogP contribution is 2.32. The summed E-state index contributed by atoms with van der Waals surface area (Å²) in [6.07, 6.45) is 6.73. The third kappa shape index (κ3) is 5.00. The average molecular weight is 284 g/mol. The molecule has 1 atom stereocenters. The van der Waals surface area contributed by atoms with Crippen molar-refractivity contribution in [2.24, 2.45) is 0 Å². The van der Waals surface area contributed by atoms with Crippen molar-refractivity contribution in [2.75, 3.05) is 0 Å². The van der Waals surface area contributed by atoms with Crippen LogP contribution < -0.4 is 4.52 Å². The van der Waals surface area contributed by atoms with Gasteiger partial charge in [0.1, 0.15) is 5.75 Å². The summed E-state index contributed by atoms with van der Waals surface area (Å²) in [4.78, 5) is 8.93. The zero-order valence-corrected chi connectivity index (χ0v) is 13.2. The lowest BCUT2D eigenvalue weighted by molar-refractivity contribution is 0.409. The molecule has 0 heterocycles. The Morgan fingerprint density at radius 3 is 2.37 bits per heavy atom. The number of aryl methyl sites for hydroxylation is 1. The van der Waals surface area contributed by atoms with Crippen LogP contribution in [0, 0.1) is 6.92 Å². The third-order valence-corrected chi connectivity index (χ3v) is 3.82. The number of rotatable bonds is 8. The highest BCUT2D eigenvalue weighted by atomic mass is 31.1. The van der Waals surface area contributed by atoms with Crippen LogP contribution in [0.2, 0.25) is 0 Å². The summed E-state index contributed by atoms with van der Waals surface area (Å²) < 4.78 is 15.9. The van der Waals surface area contributed by atoms with Gasteiger partial charge >= 0.3 is 8.25 Å². The van der Waals surface area contributed by atoms with E-state index in [-0.39, 0.29) is 0 Å². The summed E-state index contributed by atoms with van der Waals surface area (Å²) in [5.74, 6) is 0.553. The molecule has 0 bridgehead atoms. The van der Waals surface area contributed by atoms with E-state index in [1.54, 1.807) is 0 Å². The molecule has 108 valence electrons. The lowest BCUT2D eigenvalue weighted by Crippen LogP contribution is -2.00. The summed E-state index contributed by atoms with van der Waals surface area (Å²) >= 11 is 0. The van der Waals surface area contributed by atoms with Gasteiger partial charge in [0.15, 0.2) is 0 Å². The summed E-state index contributed by atoms with van der Waals surface area (Å²) in [6.45, 7) is 6.35. The molecule has 0 aliphatic carbocycles. The van der Waals surface area contributed by atoms with Crippen molar-refractivity contribution in [1.29, 1.82) is 0 Å². The second kappa shape index (κ2) is 8.39. The minimum absolute atomic E-state index is 0.553. The first-order valence-corrected chi connectivity index (χ1v) is 8.38. The van der Waals surface area contributed by atoms with Gasteiger partial charge in [-0.1, -0.05) is 32.8 Å². The van der Waals surface area contributed by atoms with Gasteiger partial charge in [-0.15, -0.1) is 0 Å². The van der Waals surface area contributed by atoms with Crippen LogP contribution in [-0.4, -0.2) is 4.89 Å². The molecule has 1 aromatic carbocycles. The van der Waals surface area contributed by atoms with Crippen molar-refractivity contribution >= 4 is 8.25 Å². The van der Waals surface area contributed by atoms with Gasteiger partial charge in [0.2, 0.25) is 0 Å². The van der Waals surface area contributed by atoms with E-state index in [2.05, 4.69) is 13.8 Å². The highest BCUT2D eigenvalue weighted by Gasteiger charge is 2.11. The Kier molecular flexibility index (Phi) is 7.19. The number of hydrogen-bond donors (Lipinski definition) is 1. The van der Waals surface area contributed by atoms with E-state index in [9.17, 15) is 4.57 Å². The lowest BCUT2D eigenvalue weighted by atomic mass is 9.93. The molecule has 1 rings (SSSR count). The normalized spacial score (nSPS) is 12.4. The minimum atomic E-state index is -2.92. The second-order valence-corrected chi connectivity index (χ2v) is 5.64. The first kappa shape index (κ1) is 16.3. The first-order valence-electron chi connectivity index (χ1n) is 7.12. The summed E-state index contributed by atoms with van der Waals surface area (Å²) in [5.41, 5.74) is 3.68. The van der Waals surface area contributed by atoms with Gasteiger partial charge in [-0.3, -0.25) is 0 Å². The first-order chi connectivity index (χ1) is 9.10. The van der Waals surface area contributed by atoms with Crippen LogP contribution in [0.3, 0.4) is 0 Å². The van der Waals surface area contributed by atoms with E-state index in [1.165, 1.54) is 24.0 Å². The van der Waals surface area contributed by atoms with Gasteiger partial charge in [0.05, 0.1) is 0 Å². The van der Waals surface area contributed by atoms with Crippen LogP contribution in [0.1, 0.15) is 56.2 Å². The SMILES string of the molecule is CCCCc1ccc(O[PH](=O)O)c(C)c1CCCC. The molecule has 19 heavy (non-hydrogen) atoms. The smallest absolute Gasteiger partial charge is 0.365 e. The van der Waals surface area contributed by atoms with Gasteiger partial charge < -0.3 is 9.42 Å². The van der Waals surface area contributed by atoms with Gasteiger partial charge in [0, 0.05) is 0 Å². The van der Waals surface area contributed by atoms with Crippen molar-refractivity contribution in [2.45, 2.75) is 59.3 Å². The summed E-state index contributed by atoms with van der Waals surface area (Å²) in [7, 11) is -2.92. The van der Waals surface area contributed by atoms with Crippen molar-refractivity contribution < 1.29 is 14.0 Å². The molecule has 0 fully saturated rings. The van der Waals surface area contributed by atoms with Gasteiger partial charge in [-0.2, -0.15) is 0 Å². The number of unbranched alkanes of at least 4 members (excludes halogenated alkanes) is 2. The van der Waals surface area contributed by atoms with Crippen LogP contribution in [-0.2, 0) is 17.4 Å². The van der Waals surface area contributed by atoms with Gasteiger partial charge in [0.25, 0.3) is 0 Å². The Balaban J connectivity index is 3.04. The predicted molar refractivity (Wildman–Crippen MR) is 80.3 cm³/mol. The van der Waals surface area contributed by atoms with Crippen LogP contribution in [0.15, 0.2) is 12.1 Å². The van der Waals surface area contributed by atoms with E-state index in [0.717, 1.165) is 31.2 Å². The maximum atomic E-state index is 10.9. The predicted octanol–water partition coefficient (Wildman–Crippen LogP) is 4.44. The molecule has 1 unspecified atom stereocenters. The number of hydrogen-bond acceptors (Lipinski definition) is 2. The van der Waals surface area contributed by atoms with E-state index in [4.69, 9.17) is 9.42 Å². The summed E-state index contributed by atoms with van der Waals surface area (Å²) in [5, 5.41) is 0. The standard InChI is InChI=1S/C15H25O3P/c1-4-6-8-13-10-11-15(18-19(16)17)12(3)14(13)9-7-5-2/h10-11,19H,4-9H2,1-3H3,(H,16,17). The molecule has 0 aromatic heterocycles. The molecule has 0 saturated heterocycles. The molecular formula is C15H25O3P. The zero-order valence-electron chi connectivity index (χ0n) is 12.2. The van der Waals surface area contributed by atoms with Crippen molar-refractivity contribution in [3.05, 3.63) is 28.8 Å². The lowest BCUT2D eigenvalue weighted by Gasteiger charge is -2.16. The van der Waals surface area contributed by atoms with Gasteiger partial charge in [-0.25, -0.2) is 4.57 Å². The Labute approximate surface area is 117 Å². The Morgan fingerprint density at radius 2 is 1.79 bits per heavy atom. The van der Waals surface area contributed by atoms with Crippen molar-refractivity contribution in [1.82, 2.24) is 0 Å². The molecule has 0 spiro atoms. The minimum Gasteiger partial charge on any atom is -0.426 e. The van der Waals surface area contributed by atoms with Crippen LogP contribution in [0.25, 0.3) is 0 Å². The molecule has 0 saturated carbocycles. The van der Waals surface area contributed by atoms with Gasteiger partial charge in [-0.05, 0) is 55.4 Å². The molecular weight excluding hydrogens is 259 g/mol. The van der Waals surface area contributed by atoms with E-state index in [1.807, 2.05) is 19.1 Å². The summed E-state index contributed by atoms with van der Waals surface area (Å²) in [6, 6.07) is 3.88. The zero-order chi connectivity index (χ0) is 14.3. The molecule has 0 aliphatic heterocycles. The maximum absolute atomic E-state index is 10.9. The van der Waals surface area contributed by atoms with Crippen LogP contribution in [0.5, 0.6) is 5.75 Å². The molecule has 1 aromatic rings. The van der Waals surface area contributed by atoms with Crippen molar-refractivity contribution in [3.8, 4) is 5.75 Å². The highest BCUT2D eigenvalue weighted by molar-refractivity contribution is 7.32. The second-order valence-electron chi connectivity index (χ2n) is 4.90. The average Bonchev–Trinajstić information content (AvgIpc) is 2.37. The molecule has 4 heteroatoms. The molecule has 0 radical (unpaired) electrons. The Morgan fingerprint density at radius 1 is 1.16 bits per heavy atom. The van der Waals surface area contributed by atoms with E-state index in [0.29, 0.717) is 5.75 Å². The monoisotopic (exact) mass is 284 g/mol. The largest absolute Gasteiger partial charge is 0.426 e. The van der Waals surface area contributed by atoms with Crippen LogP contribution in [0.4, 0.5) is 0 Å². The molecule has 0 aliphatic rings.